The number of nitrogens with zero attached hydrogens (tertiary/aromatic N) is 8. The molecule has 26 heteroatoms. The van der Waals surface area contributed by atoms with E-state index in [4.69, 9.17) is 4.74 Å². The highest BCUT2D eigenvalue weighted by Crippen LogP contribution is 2.32. The van der Waals surface area contributed by atoms with E-state index in [9.17, 15) is 33.9 Å². The summed E-state index contributed by atoms with van der Waals surface area (Å²) in [5.41, 5.74) is -0.829. The molecule has 4 aliphatic rings. The molecule has 0 aromatic carbocycles. The SMILES string of the molecule is CC[C@H](C)[C@@H]1NC(=O)[C@H](CC(C)C)N(C)C(=O)CCCN(C)C(=O)C[C@@H](C(=O)N2CCCCC2)NC(=O)[C@H](CC(C)C)N(C)C(=O)[C@H](C)N(C)C(=O)[C@H](CC2CCC(O)CC2)NC(=O)[C@H](CC(C)C)N(C)C(=O)[C@H](COC(C)(C)C)NC(=O)[C@H](CC(C)C)N(C)C(=O)[C@H](CC2CCCCC2)N(C)C1=O. The maximum atomic E-state index is 15.7. The number of likely N-dealkylation sites (N-methyl/N-ethyl adjacent to an activating group) is 6. The summed E-state index contributed by atoms with van der Waals surface area (Å²) in [7, 11) is 10.5. The first-order valence-corrected chi connectivity index (χ1v) is 39.3. The quantitative estimate of drug-likeness (QED) is 0.104. The van der Waals surface area contributed by atoms with Crippen LogP contribution in [0.15, 0.2) is 0 Å². The summed E-state index contributed by atoms with van der Waals surface area (Å²) >= 11 is 0. The van der Waals surface area contributed by atoms with E-state index in [1.165, 1.54) is 69.4 Å². The molecule has 2 aliphatic carbocycles. The normalized spacial score (nSPS) is 28.4. The number of aliphatic hydroxyl groups is 1. The Morgan fingerprint density at radius 1 is 0.471 bits per heavy atom. The van der Waals surface area contributed by atoms with E-state index in [2.05, 4.69) is 21.3 Å². The van der Waals surface area contributed by atoms with E-state index >= 15 is 28.8 Å². The molecule has 0 radical (unpaired) electrons. The van der Waals surface area contributed by atoms with Gasteiger partial charge in [-0.2, -0.15) is 0 Å². The third-order valence-electron chi connectivity index (χ3n) is 22.0. The highest BCUT2D eigenvalue weighted by atomic mass is 16.5. The van der Waals surface area contributed by atoms with Crippen LogP contribution in [0.5, 0.6) is 0 Å². The molecule has 2 saturated heterocycles. The summed E-state index contributed by atoms with van der Waals surface area (Å²) in [6.45, 7) is 26.4. The fourth-order valence-electron chi connectivity index (χ4n) is 14.9. The molecule has 5 N–H and O–H groups in total. The van der Waals surface area contributed by atoms with Gasteiger partial charge in [-0.1, -0.05) is 108 Å². The maximum Gasteiger partial charge on any atom is 0.247 e. The third-order valence-corrected chi connectivity index (χ3v) is 22.0. The van der Waals surface area contributed by atoms with Crippen LogP contribution in [0.2, 0.25) is 0 Å². The molecule has 12 amide bonds. The van der Waals surface area contributed by atoms with Gasteiger partial charge < -0.3 is 70.3 Å². The fraction of sp³-hybridized carbons (Fsp3) is 0.846. The molecule has 0 spiro atoms. The molecule has 594 valence electrons. The number of nitrogens with one attached hydrogen (secondary N) is 4. The molecule has 2 aliphatic heterocycles. The minimum Gasteiger partial charge on any atom is -0.393 e. The topological polar surface area (TPSA) is 308 Å². The average molecular weight is 1470 g/mol. The van der Waals surface area contributed by atoms with Crippen LogP contribution in [0.25, 0.3) is 0 Å². The van der Waals surface area contributed by atoms with Gasteiger partial charge in [-0.15, -0.1) is 0 Å². The molecule has 2 heterocycles. The summed E-state index contributed by atoms with van der Waals surface area (Å²) in [6, 6.07) is -12.1. The van der Waals surface area contributed by atoms with Crippen molar-refractivity contribution in [3.63, 3.8) is 0 Å². The second-order valence-electron chi connectivity index (χ2n) is 33.7. The van der Waals surface area contributed by atoms with Crippen molar-refractivity contribution in [2.24, 2.45) is 41.4 Å². The number of piperidine rings is 1. The summed E-state index contributed by atoms with van der Waals surface area (Å²) in [5.74, 6) is -8.09. The van der Waals surface area contributed by atoms with Crippen molar-refractivity contribution in [1.29, 1.82) is 0 Å². The minimum absolute atomic E-state index is 0.0487. The summed E-state index contributed by atoms with van der Waals surface area (Å²) in [4.78, 5) is 192. The molecule has 0 unspecified atom stereocenters. The first kappa shape index (κ1) is 90.0. The molecule has 4 fully saturated rings. The van der Waals surface area contributed by atoms with Crippen molar-refractivity contribution >= 4 is 70.9 Å². The van der Waals surface area contributed by atoms with Crippen LogP contribution in [0.3, 0.4) is 0 Å². The number of carbonyl (C=O) groups excluding carboxylic acids is 12. The monoisotopic (exact) mass is 1470 g/mol. The van der Waals surface area contributed by atoms with Crippen LogP contribution < -0.4 is 21.3 Å². The van der Waals surface area contributed by atoms with Crippen molar-refractivity contribution in [3.8, 4) is 0 Å². The van der Waals surface area contributed by atoms with Gasteiger partial charge in [0.1, 0.15) is 60.4 Å². The van der Waals surface area contributed by atoms with Gasteiger partial charge in [0.2, 0.25) is 70.9 Å². The van der Waals surface area contributed by atoms with Gasteiger partial charge in [-0.25, -0.2) is 0 Å². The first-order chi connectivity index (χ1) is 48.6. The zero-order chi connectivity index (χ0) is 78.4. The number of aliphatic hydroxyl groups excluding tert-OH is 1. The Balaban J connectivity index is 1.95. The first-order valence-electron chi connectivity index (χ1n) is 39.3. The lowest BCUT2D eigenvalue weighted by Gasteiger charge is -2.39. The van der Waals surface area contributed by atoms with E-state index in [1.54, 1.807) is 46.8 Å². The van der Waals surface area contributed by atoms with E-state index in [0.29, 0.717) is 45.2 Å². The molecule has 104 heavy (non-hydrogen) atoms. The molecule has 26 nitrogen and oxygen atoms in total. The number of hydrogen-bond donors (Lipinski definition) is 5. The third kappa shape index (κ3) is 27.1. The van der Waals surface area contributed by atoms with Gasteiger partial charge in [-0.05, 0) is 159 Å². The lowest BCUT2D eigenvalue weighted by molar-refractivity contribution is -0.152. The summed E-state index contributed by atoms with van der Waals surface area (Å²) in [5, 5.41) is 22.5. The number of carbonyl (C=O) groups is 12. The second-order valence-corrected chi connectivity index (χ2v) is 33.7. The van der Waals surface area contributed by atoms with Crippen LogP contribution >= 0.6 is 0 Å². The molecular formula is C78H138N12O14. The largest absolute Gasteiger partial charge is 0.393 e. The lowest BCUT2D eigenvalue weighted by atomic mass is 9.83. The van der Waals surface area contributed by atoms with Crippen molar-refractivity contribution in [1.82, 2.24) is 60.5 Å². The van der Waals surface area contributed by atoms with Crippen LogP contribution in [-0.2, 0) is 62.3 Å². The molecule has 11 atom stereocenters. The van der Waals surface area contributed by atoms with Crippen molar-refractivity contribution in [2.75, 3.05) is 75.6 Å². The van der Waals surface area contributed by atoms with Gasteiger partial charge in [0.25, 0.3) is 0 Å². The van der Waals surface area contributed by atoms with E-state index in [1.807, 2.05) is 69.2 Å². The molecular weight excluding hydrogens is 1330 g/mol. The van der Waals surface area contributed by atoms with Crippen molar-refractivity contribution in [3.05, 3.63) is 0 Å². The molecule has 2 saturated carbocycles. The second kappa shape index (κ2) is 42.2. The van der Waals surface area contributed by atoms with E-state index in [0.717, 1.165) is 51.4 Å². The zero-order valence-electron chi connectivity index (χ0n) is 67.6. The van der Waals surface area contributed by atoms with Crippen LogP contribution in [0.4, 0.5) is 0 Å². The Bertz CT molecular complexity index is 2850. The van der Waals surface area contributed by atoms with Crippen molar-refractivity contribution < 1.29 is 67.4 Å². The molecule has 0 aromatic rings. The smallest absolute Gasteiger partial charge is 0.247 e. The van der Waals surface area contributed by atoms with E-state index in [-0.39, 0.29) is 100 Å². The number of hydrogen-bond acceptors (Lipinski definition) is 14. The highest BCUT2D eigenvalue weighted by Gasteiger charge is 2.45. The molecule has 4 rings (SSSR count). The average Bonchev–Trinajstić information content (AvgIpc) is 0.827. The summed E-state index contributed by atoms with van der Waals surface area (Å²) in [6.07, 6.45) is 9.51. The fourth-order valence-corrected chi connectivity index (χ4v) is 14.9. The maximum absolute atomic E-state index is 15.7. The summed E-state index contributed by atoms with van der Waals surface area (Å²) < 4.78 is 6.28. The number of rotatable bonds is 17. The van der Waals surface area contributed by atoms with Gasteiger partial charge in [0, 0.05) is 75.4 Å². The van der Waals surface area contributed by atoms with E-state index < -0.39 is 155 Å². The Morgan fingerprint density at radius 2 is 0.904 bits per heavy atom. The highest BCUT2D eigenvalue weighted by molar-refractivity contribution is 5.99. The Hall–Kier alpha value is -6.44. The Morgan fingerprint density at radius 3 is 1.40 bits per heavy atom. The minimum atomic E-state index is -1.42. The van der Waals surface area contributed by atoms with Crippen molar-refractivity contribution in [2.45, 2.75) is 310 Å². The predicted molar refractivity (Wildman–Crippen MR) is 401 cm³/mol. The Kier molecular flexibility index (Phi) is 36.5. The van der Waals surface area contributed by atoms with Crippen LogP contribution in [0.1, 0.15) is 238 Å². The number of amides is 12. The van der Waals surface area contributed by atoms with Gasteiger partial charge in [-0.3, -0.25) is 57.5 Å². The van der Waals surface area contributed by atoms with Gasteiger partial charge in [0.15, 0.2) is 0 Å². The lowest BCUT2D eigenvalue weighted by Crippen LogP contribution is -2.62. The number of ether oxygens (including phenoxy) is 1. The predicted octanol–water partition coefficient (Wildman–Crippen LogP) is 6.52. The zero-order valence-corrected chi connectivity index (χ0v) is 67.6. The van der Waals surface area contributed by atoms with Gasteiger partial charge >= 0.3 is 0 Å². The van der Waals surface area contributed by atoms with Crippen LogP contribution in [0, 0.1) is 41.4 Å². The number of likely N-dealkylation sites (tertiary alicyclic amines) is 1. The van der Waals surface area contributed by atoms with Gasteiger partial charge in [0.05, 0.1) is 24.7 Å². The molecule has 0 aromatic heterocycles. The van der Waals surface area contributed by atoms with Crippen LogP contribution in [-0.4, -0.2) is 263 Å². The standard InChI is InChI=1S/C78H138N12O14/c1-22-52(10)67-77(103)89(21)64(45-54-30-25-23-26-31-54)76(102)88(20)63(43-51(8)9)70(96)81-59(47-104-78(12,13)14)74(100)87(19)62(42-50(6)7)69(95)79-57(44-55-33-35-56(91)36-34-55)73(99)84(16)53(11)72(98)86(18)61(41-49(4)5)68(94)80-58(75(101)90-38-27-24-28-39-90)46-66(93)83(15)37-29-32-65(92)85(17)60(40-48(2)3)71(97)82-67/h48-64,67,91H,22-47H2,1-21H3,(H,79,95)(H,80,94)(H,81,96)(H,82,97)/t52-,53-,55?,56?,57-,58-,59-,60-,61-,62-,63-,64-,67-/m0/s1. The Labute approximate surface area is 623 Å². The molecule has 0 bridgehead atoms.